The molecule has 0 aliphatic rings. The number of H-pyrrole nitrogens is 4. The monoisotopic (exact) mass is 584 g/mol. The summed E-state index contributed by atoms with van der Waals surface area (Å²) in [6.45, 7) is 2.50. The summed E-state index contributed by atoms with van der Waals surface area (Å²) in [6, 6.07) is 4.65. The molecule has 4 rings (SSSR count). The van der Waals surface area contributed by atoms with Gasteiger partial charge in [-0.15, -0.1) is 8.83 Å². The maximum atomic E-state index is 14.1. The smallest absolute Gasteiger partial charge is 0.309 e. The first-order valence-corrected chi connectivity index (χ1v) is 12.7. The van der Waals surface area contributed by atoms with E-state index in [0.717, 1.165) is 24.3 Å². The van der Waals surface area contributed by atoms with Gasteiger partial charge in [0.25, 0.3) is 22.9 Å². The molecule has 2 amide bonds. The average molecular weight is 585 g/mol. The second-order valence-corrected chi connectivity index (χ2v) is 9.78. The van der Waals surface area contributed by atoms with E-state index in [4.69, 9.17) is 0 Å². The topological polar surface area (TPSA) is 256 Å². The number of anilines is 2. The van der Waals surface area contributed by atoms with Gasteiger partial charge >= 0.3 is 21.6 Å². The number of carbonyl (C=O) groups is 2. The number of aryl methyl sites for hydroxylation is 2. The number of hydrogen-bond acceptors (Lipinski definition) is 12. The minimum absolute atomic E-state index is 0.0421. The Balaban J connectivity index is 1.93. The molecular weight excluding hydrogens is 564 g/mol. The number of hydrazine groups is 2. The molecule has 18 nitrogen and oxygen atoms in total. The van der Waals surface area contributed by atoms with Crippen LogP contribution in [0.25, 0.3) is 0 Å². The van der Waals surface area contributed by atoms with E-state index < -0.39 is 55.9 Å². The van der Waals surface area contributed by atoms with Crippen molar-refractivity contribution in [1.82, 2.24) is 38.7 Å². The SMILES string of the molecule is Cc1[nH]c(=O)[nH]c(=O)c1NN(C(=O)c1ccncc1)S(=O)(=O)N(Nc1c(C)[nH]c(=O)[nH]c1=O)C(=O)c1ccncc1. The first kappa shape index (κ1) is 28.2. The zero-order valence-electron chi connectivity index (χ0n) is 21.1. The molecule has 0 aromatic carbocycles. The Kier molecular flexibility index (Phi) is 7.62. The molecule has 41 heavy (non-hydrogen) atoms. The molecule has 0 radical (unpaired) electrons. The molecule has 4 heterocycles. The number of hydrogen-bond donors (Lipinski definition) is 6. The van der Waals surface area contributed by atoms with Crippen LogP contribution in [0.2, 0.25) is 0 Å². The van der Waals surface area contributed by atoms with Gasteiger partial charge in [-0.05, 0) is 38.1 Å². The van der Waals surface area contributed by atoms with Crippen LogP contribution >= 0.6 is 0 Å². The van der Waals surface area contributed by atoms with Gasteiger partial charge in [-0.2, -0.15) is 8.42 Å². The number of aromatic nitrogens is 6. The second-order valence-electron chi connectivity index (χ2n) is 8.16. The Morgan fingerprint density at radius 3 is 1.32 bits per heavy atom. The first-order valence-electron chi connectivity index (χ1n) is 11.3. The molecule has 0 aliphatic heterocycles. The van der Waals surface area contributed by atoms with Gasteiger partial charge in [0, 0.05) is 47.3 Å². The van der Waals surface area contributed by atoms with Crippen molar-refractivity contribution in [3.8, 4) is 0 Å². The Bertz CT molecular complexity index is 1830. The molecule has 0 aliphatic carbocycles. The summed E-state index contributed by atoms with van der Waals surface area (Å²) >= 11 is 0. The van der Waals surface area contributed by atoms with Gasteiger partial charge in [-0.25, -0.2) is 9.59 Å². The summed E-state index contributed by atoms with van der Waals surface area (Å²) < 4.78 is 28.2. The Morgan fingerprint density at radius 2 is 1.00 bits per heavy atom. The van der Waals surface area contributed by atoms with Crippen LogP contribution in [0.5, 0.6) is 0 Å². The van der Waals surface area contributed by atoms with Crippen LogP contribution in [0.4, 0.5) is 11.4 Å². The molecule has 0 fully saturated rings. The van der Waals surface area contributed by atoms with Crippen molar-refractivity contribution < 1.29 is 18.0 Å². The second kappa shape index (κ2) is 11.1. The van der Waals surface area contributed by atoms with Gasteiger partial charge in [0.05, 0.1) is 0 Å². The van der Waals surface area contributed by atoms with Gasteiger partial charge in [0.1, 0.15) is 11.4 Å². The van der Waals surface area contributed by atoms with E-state index in [1.165, 1.54) is 38.6 Å². The van der Waals surface area contributed by atoms with Gasteiger partial charge in [0.2, 0.25) is 0 Å². The fourth-order valence-electron chi connectivity index (χ4n) is 3.40. The lowest BCUT2D eigenvalue weighted by molar-refractivity contribution is 0.0847. The van der Waals surface area contributed by atoms with Crippen LogP contribution in [0.1, 0.15) is 32.1 Å². The van der Waals surface area contributed by atoms with E-state index in [-0.39, 0.29) is 31.3 Å². The average Bonchev–Trinajstić information content (AvgIpc) is 2.92. The van der Waals surface area contributed by atoms with Crippen LogP contribution in [0, 0.1) is 13.8 Å². The normalized spacial score (nSPS) is 11.0. The van der Waals surface area contributed by atoms with Crippen molar-refractivity contribution in [3.05, 3.63) is 113 Å². The molecule has 4 aromatic rings. The lowest BCUT2D eigenvalue weighted by Crippen LogP contribution is -2.55. The highest BCUT2D eigenvalue weighted by Gasteiger charge is 2.40. The van der Waals surface area contributed by atoms with Crippen LogP contribution < -0.4 is 33.3 Å². The fourth-order valence-corrected chi connectivity index (χ4v) is 4.61. The van der Waals surface area contributed by atoms with E-state index >= 15 is 0 Å². The van der Waals surface area contributed by atoms with Crippen LogP contribution in [0.3, 0.4) is 0 Å². The summed E-state index contributed by atoms with van der Waals surface area (Å²) in [4.78, 5) is 91.4. The number of amides is 2. The molecule has 0 unspecified atom stereocenters. The lowest BCUT2D eigenvalue weighted by atomic mass is 10.2. The van der Waals surface area contributed by atoms with E-state index in [1.54, 1.807) is 0 Å². The van der Waals surface area contributed by atoms with Gasteiger partial charge < -0.3 is 9.97 Å². The highest BCUT2D eigenvalue weighted by atomic mass is 32.2. The van der Waals surface area contributed by atoms with Crippen molar-refractivity contribution in [2.75, 3.05) is 10.9 Å². The molecule has 4 aromatic heterocycles. The summed E-state index contributed by atoms with van der Waals surface area (Å²) in [5.41, 5.74) is -1.61. The molecule has 19 heteroatoms. The molecule has 212 valence electrons. The number of aromatic amines is 4. The quantitative estimate of drug-likeness (QED) is 0.133. The molecular formula is C22H20N10O8S. The Hall–Kier alpha value is -5.85. The van der Waals surface area contributed by atoms with Crippen LogP contribution in [0.15, 0.2) is 68.2 Å². The third kappa shape index (κ3) is 5.78. The van der Waals surface area contributed by atoms with Crippen molar-refractivity contribution in [3.63, 3.8) is 0 Å². The molecule has 0 bridgehead atoms. The van der Waals surface area contributed by atoms with E-state index in [1.807, 2.05) is 9.97 Å². The van der Waals surface area contributed by atoms with Crippen molar-refractivity contribution in [2.45, 2.75) is 13.8 Å². The van der Waals surface area contributed by atoms with Crippen LogP contribution in [-0.4, -0.2) is 59.0 Å². The van der Waals surface area contributed by atoms with Gasteiger partial charge in [0.15, 0.2) is 0 Å². The zero-order chi connectivity index (χ0) is 29.9. The number of nitrogens with zero attached hydrogens (tertiary/aromatic N) is 4. The minimum Gasteiger partial charge on any atom is -0.309 e. The summed E-state index contributed by atoms with van der Waals surface area (Å²) in [6.07, 6.45) is 4.77. The van der Waals surface area contributed by atoms with Crippen molar-refractivity contribution in [2.24, 2.45) is 0 Å². The Morgan fingerprint density at radius 1 is 0.659 bits per heavy atom. The molecule has 0 spiro atoms. The first-order chi connectivity index (χ1) is 19.4. The maximum Gasteiger partial charge on any atom is 0.367 e. The molecule has 0 saturated carbocycles. The summed E-state index contributed by atoms with van der Waals surface area (Å²) in [7, 11) is -5.43. The number of rotatable bonds is 8. The van der Waals surface area contributed by atoms with Crippen molar-refractivity contribution in [1.29, 1.82) is 0 Å². The number of pyridine rings is 2. The summed E-state index contributed by atoms with van der Waals surface area (Å²) in [5, 5.41) is 0. The molecule has 0 saturated heterocycles. The largest absolute Gasteiger partial charge is 0.367 e. The number of carbonyl (C=O) groups excluding carboxylic acids is 2. The van der Waals surface area contributed by atoms with Gasteiger partial charge in [-0.1, -0.05) is 0 Å². The number of nitrogens with one attached hydrogen (secondary N) is 6. The van der Waals surface area contributed by atoms with Crippen LogP contribution in [-0.2, 0) is 10.2 Å². The van der Waals surface area contributed by atoms with Gasteiger partial charge in [-0.3, -0.25) is 50.0 Å². The lowest BCUT2D eigenvalue weighted by Gasteiger charge is -2.31. The minimum atomic E-state index is -5.43. The Labute approximate surface area is 228 Å². The maximum absolute atomic E-state index is 14.1. The third-order valence-corrected chi connectivity index (χ3v) is 6.81. The van der Waals surface area contributed by atoms with E-state index in [2.05, 4.69) is 30.8 Å². The van der Waals surface area contributed by atoms with E-state index in [9.17, 15) is 37.2 Å². The predicted molar refractivity (Wildman–Crippen MR) is 142 cm³/mol. The molecule has 6 N–H and O–H groups in total. The third-order valence-electron chi connectivity index (χ3n) is 5.37. The zero-order valence-corrected chi connectivity index (χ0v) is 21.9. The standard InChI is InChI=1S/C22H20N10O8S/c1-11-15(17(33)27-21(37)25-11)29-31(19(35)13-3-7-23-8-4-13)41(39,40)32(20(36)14-5-9-24-10-6-14)30-16-12(2)26-22(38)28-18(16)34/h3-10,29-30H,1-2H3,(H2,25,27,33,37)(H2,26,28,34,38). The highest BCUT2D eigenvalue weighted by molar-refractivity contribution is 7.88. The van der Waals surface area contributed by atoms with E-state index in [0.29, 0.717) is 0 Å². The fraction of sp³-hybridized carbons (Fsp3) is 0.0909. The highest BCUT2D eigenvalue weighted by Crippen LogP contribution is 2.20. The predicted octanol–water partition coefficient (Wildman–Crippen LogP) is -1.27. The van der Waals surface area contributed by atoms with Crippen molar-refractivity contribution >= 4 is 33.4 Å². The summed E-state index contributed by atoms with van der Waals surface area (Å²) in [5.74, 6) is -2.59. The molecule has 0 atom stereocenters.